The van der Waals surface area contributed by atoms with Gasteiger partial charge in [-0.3, -0.25) is 4.79 Å². The number of hydrogen-bond acceptors (Lipinski definition) is 3. The first-order valence-electron chi connectivity index (χ1n) is 6.15. The van der Waals surface area contributed by atoms with Crippen LogP contribution in [-0.2, 0) is 5.75 Å². The van der Waals surface area contributed by atoms with Gasteiger partial charge in [0, 0.05) is 17.0 Å². The molecule has 1 amide bonds. The molecule has 2 aromatic carbocycles. The first-order valence-corrected chi connectivity index (χ1v) is 7.13. The van der Waals surface area contributed by atoms with Crippen molar-refractivity contribution in [3.05, 3.63) is 58.7 Å². The second-order valence-corrected chi connectivity index (χ2v) is 5.59. The van der Waals surface area contributed by atoms with Gasteiger partial charge in [-0.05, 0) is 42.3 Å². The molecule has 0 radical (unpaired) electrons. The zero-order valence-corrected chi connectivity index (χ0v) is 12.1. The Bertz CT molecular complexity index is 681. The number of carbonyl (C=O) groups excluding carboxylic acids is 1. The van der Waals surface area contributed by atoms with Crippen LogP contribution >= 0.6 is 11.8 Å². The molecule has 21 heavy (non-hydrogen) atoms. The quantitative estimate of drug-likeness (QED) is 0.673. The highest BCUT2D eigenvalue weighted by molar-refractivity contribution is 7.98. The number of hydrogen-bond donors (Lipinski definition) is 2. The summed E-state index contributed by atoms with van der Waals surface area (Å²) in [5.41, 5.74) is 12.7. The molecule has 4 N–H and O–H groups in total. The van der Waals surface area contributed by atoms with Gasteiger partial charge in [-0.25, -0.2) is 8.78 Å². The average Bonchev–Trinajstić information content (AvgIpc) is 2.38. The fraction of sp³-hybridized carbons (Fsp3) is 0.133. The van der Waals surface area contributed by atoms with Crippen molar-refractivity contribution in [2.75, 3.05) is 5.73 Å². The first kappa shape index (κ1) is 15.3. The second-order valence-electron chi connectivity index (χ2n) is 4.61. The number of nitrogen functional groups attached to an aromatic ring is 1. The van der Waals surface area contributed by atoms with Gasteiger partial charge in [-0.2, -0.15) is 0 Å². The number of primary amides is 1. The summed E-state index contributed by atoms with van der Waals surface area (Å²) in [6, 6.07) is 7.17. The third-order valence-electron chi connectivity index (χ3n) is 3.02. The van der Waals surface area contributed by atoms with Crippen molar-refractivity contribution in [1.82, 2.24) is 0 Å². The maximum atomic E-state index is 13.7. The number of rotatable bonds is 4. The van der Waals surface area contributed by atoms with E-state index in [0.29, 0.717) is 11.3 Å². The summed E-state index contributed by atoms with van der Waals surface area (Å²) in [4.78, 5) is 11.0. The summed E-state index contributed by atoms with van der Waals surface area (Å²) >= 11 is 1.04. The van der Waals surface area contributed by atoms with Gasteiger partial charge in [0.25, 0.3) is 0 Å². The van der Waals surface area contributed by atoms with Crippen molar-refractivity contribution in [3.63, 3.8) is 0 Å². The minimum Gasteiger partial charge on any atom is -0.399 e. The predicted octanol–water partition coefficient (Wildman–Crippen LogP) is 3.25. The fourth-order valence-electron chi connectivity index (χ4n) is 1.88. The van der Waals surface area contributed by atoms with E-state index in [1.54, 1.807) is 18.2 Å². The lowest BCUT2D eigenvalue weighted by atomic mass is 10.1. The van der Waals surface area contributed by atoms with Crippen molar-refractivity contribution >= 4 is 23.4 Å². The van der Waals surface area contributed by atoms with Gasteiger partial charge in [0.15, 0.2) is 0 Å². The molecule has 6 heteroatoms. The fourth-order valence-corrected chi connectivity index (χ4v) is 2.90. The molecule has 0 aliphatic rings. The molecule has 0 saturated carbocycles. The highest BCUT2D eigenvalue weighted by Crippen LogP contribution is 2.30. The maximum absolute atomic E-state index is 13.7. The number of carbonyl (C=O) groups is 1. The van der Waals surface area contributed by atoms with E-state index < -0.39 is 17.5 Å². The standard InChI is InChI=1S/C15H14F2N2OS/c1-8-4-9(15(19)20)2-3-10(8)7-21-14-12(16)5-11(18)6-13(14)17/h2-6H,7,18H2,1H3,(H2,19,20). The summed E-state index contributed by atoms with van der Waals surface area (Å²) in [5, 5.41) is 0. The van der Waals surface area contributed by atoms with Crippen molar-refractivity contribution in [2.45, 2.75) is 17.6 Å². The molecular formula is C15H14F2N2OS. The van der Waals surface area contributed by atoms with Crippen LogP contribution in [0.4, 0.5) is 14.5 Å². The SMILES string of the molecule is Cc1cc(C(N)=O)ccc1CSc1c(F)cc(N)cc1F. The number of nitrogens with two attached hydrogens (primary N) is 2. The molecule has 0 bridgehead atoms. The molecule has 0 atom stereocenters. The number of anilines is 1. The molecule has 110 valence electrons. The zero-order chi connectivity index (χ0) is 15.6. The molecule has 3 nitrogen and oxygen atoms in total. The van der Waals surface area contributed by atoms with Crippen LogP contribution in [0.25, 0.3) is 0 Å². The van der Waals surface area contributed by atoms with Crippen LogP contribution in [0.3, 0.4) is 0 Å². The van der Waals surface area contributed by atoms with E-state index in [0.717, 1.165) is 35.0 Å². The molecule has 0 heterocycles. The molecule has 2 aromatic rings. The Kier molecular flexibility index (Phi) is 4.47. The third-order valence-corrected chi connectivity index (χ3v) is 4.15. The van der Waals surface area contributed by atoms with Gasteiger partial charge in [0.2, 0.25) is 5.91 Å². The predicted molar refractivity (Wildman–Crippen MR) is 80.0 cm³/mol. The van der Waals surface area contributed by atoms with E-state index >= 15 is 0 Å². The number of thioether (sulfide) groups is 1. The van der Waals surface area contributed by atoms with Gasteiger partial charge < -0.3 is 11.5 Å². The molecule has 0 aliphatic carbocycles. The minimum absolute atomic E-state index is 0.0522. The van der Waals surface area contributed by atoms with E-state index in [2.05, 4.69) is 0 Å². The highest BCUT2D eigenvalue weighted by Gasteiger charge is 2.12. The minimum atomic E-state index is -0.677. The Hall–Kier alpha value is -2.08. The van der Waals surface area contributed by atoms with Crippen molar-refractivity contribution in [1.29, 1.82) is 0 Å². The lowest BCUT2D eigenvalue weighted by molar-refractivity contribution is 0.1000. The molecule has 0 unspecified atom stereocenters. The van der Waals surface area contributed by atoms with Gasteiger partial charge in [-0.15, -0.1) is 11.8 Å². The van der Waals surface area contributed by atoms with E-state index in [4.69, 9.17) is 11.5 Å². The Morgan fingerprint density at radius 1 is 1.19 bits per heavy atom. The van der Waals surface area contributed by atoms with Crippen LogP contribution < -0.4 is 11.5 Å². The van der Waals surface area contributed by atoms with Gasteiger partial charge in [-0.1, -0.05) is 6.07 Å². The molecule has 0 spiro atoms. The van der Waals surface area contributed by atoms with E-state index in [9.17, 15) is 13.6 Å². The van der Waals surface area contributed by atoms with E-state index in [-0.39, 0.29) is 10.6 Å². The third kappa shape index (κ3) is 3.52. The Labute approximate surface area is 125 Å². The summed E-state index contributed by atoms with van der Waals surface area (Å²) in [7, 11) is 0. The number of aryl methyl sites for hydroxylation is 1. The molecule has 0 fully saturated rings. The number of amides is 1. The van der Waals surface area contributed by atoms with Gasteiger partial charge in [0.1, 0.15) is 11.6 Å². The topological polar surface area (TPSA) is 69.1 Å². The van der Waals surface area contributed by atoms with Crippen LogP contribution in [0.2, 0.25) is 0 Å². The molecule has 0 saturated heterocycles. The highest BCUT2D eigenvalue weighted by atomic mass is 32.2. The van der Waals surface area contributed by atoms with Crippen LogP contribution in [0.15, 0.2) is 35.2 Å². The molecular weight excluding hydrogens is 294 g/mol. The van der Waals surface area contributed by atoms with Crippen LogP contribution in [-0.4, -0.2) is 5.91 Å². The average molecular weight is 308 g/mol. The summed E-state index contributed by atoms with van der Waals surface area (Å²) < 4.78 is 27.4. The summed E-state index contributed by atoms with van der Waals surface area (Å²) in [6.07, 6.45) is 0. The van der Waals surface area contributed by atoms with Crippen molar-refractivity contribution in [3.8, 4) is 0 Å². The Balaban J connectivity index is 2.19. The van der Waals surface area contributed by atoms with Crippen molar-refractivity contribution in [2.24, 2.45) is 5.73 Å². The Morgan fingerprint density at radius 3 is 2.33 bits per heavy atom. The number of halogens is 2. The maximum Gasteiger partial charge on any atom is 0.248 e. The van der Waals surface area contributed by atoms with E-state index in [1.807, 2.05) is 6.92 Å². The zero-order valence-electron chi connectivity index (χ0n) is 11.3. The van der Waals surface area contributed by atoms with E-state index in [1.165, 1.54) is 0 Å². The first-order chi connectivity index (χ1) is 9.88. The van der Waals surface area contributed by atoms with Crippen LogP contribution in [0.5, 0.6) is 0 Å². The normalized spacial score (nSPS) is 10.6. The van der Waals surface area contributed by atoms with Crippen molar-refractivity contribution < 1.29 is 13.6 Å². The molecule has 0 aromatic heterocycles. The van der Waals surface area contributed by atoms with Gasteiger partial charge in [0.05, 0.1) is 4.90 Å². The summed E-state index contributed by atoms with van der Waals surface area (Å²) in [6.45, 7) is 1.82. The summed E-state index contributed by atoms with van der Waals surface area (Å²) in [5.74, 6) is -1.48. The molecule has 2 rings (SSSR count). The van der Waals surface area contributed by atoms with Crippen LogP contribution in [0, 0.1) is 18.6 Å². The van der Waals surface area contributed by atoms with Gasteiger partial charge >= 0.3 is 0 Å². The largest absolute Gasteiger partial charge is 0.399 e. The second kappa shape index (κ2) is 6.13. The lowest BCUT2D eigenvalue weighted by Gasteiger charge is -2.09. The Morgan fingerprint density at radius 2 is 1.81 bits per heavy atom. The smallest absolute Gasteiger partial charge is 0.248 e. The number of benzene rings is 2. The monoisotopic (exact) mass is 308 g/mol. The molecule has 0 aliphatic heterocycles. The lowest BCUT2D eigenvalue weighted by Crippen LogP contribution is -2.11. The van der Waals surface area contributed by atoms with Crippen LogP contribution in [0.1, 0.15) is 21.5 Å².